The molecule has 6 heteroatoms. The Bertz CT molecular complexity index is 936. The van der Waals surface area contributed by atoms with Crippen molar-refractivity contribution in [1.82, 2.24) is 9.97 Å². The Labute approximate surface area is 152 Å². The van der Waals surface area contributed by atoms with Crippen molar-refractivity contribution in [1.29, 1.82) is 0 Å². The quantitative estimate of drug-likeness (QED) is 0.754. The van der Waals surface area contributed by atoms with Crippen LogP contribution in [0.15, 0.2) is 42.5 Å². The van der Waals surface area contributed by atoms with E-state index >= 15 is 0 Å². The molecular weight excluding hydrogens is 328 g/mol. The Kier molecular flexibility index (Phi) is 4.34. The largest absolute Gasteiger partial charge is 0.869 e. The Balaban J connectivity index is 1.87. The summed E-state index contributed by atoms with van der Waals surface area (Å²) in [6.07, 6.45) is 0. The molecule has 1 aliphatic heterocycles. The molecule has 2 aromatic carbocycles. The van der Waals surface area contributed by atoms with Gasteiger partial charge in [0.1, 0.15) is 11.6 Å². The molecule has 3 aromatic rings. The molecule has 1 aliphatic rings. The lowest BCUT2D eigenvalue weighted by Crippen LogP contribution is -3.12. The average molecular weight is 350 g/mol. The van der Waals surface area contributed by atoms with Crippen LogP contribution in [0, 0.1) is 0 Å². The van der Waals surface area contributed by atoms with Crippen molar-refractivity contribution in [2.45, 2.75) is 0 Å². The predicted molar refractivity (Wildman–Crippen MR) is 99.8 cm³/mol. The number of rotatable bonds is 3. The van der Waals surface area contributed by atoms with E-state index < -0.39 is 0 Å². The van der Waals surface area contributed by atoms with E-state index in [1.165, 1.54) is 12.0 Å². The number of anilines is 1. The van der Waals surface area contributed by atoms with E-state index in [1.54, 1.807) is 18.2 Å². The van der Waals surface area contributed by atoms with Gasteiger partial charge in [0, 0.05) is 10.9 Å². The summed E-state index contributed by atoms with van der Waals surface area (Å²) in [5.74, 6) is 1.48. The molecule has 0 spiro atoms. The summed E-state index contributed by atoms with van der Waals surface area (Å²) in [7, 11) is 3.71. The average Bonchev–Trinajstić information content (AvgIpc) is 2.68. The van der Waals surface area contributed by atoms with Crippen molar-refractivity contribution in [3.63, 3.8) is 0 Å². The highest BCUT2D eigenvalue weighted by atomic mass is 16.5. The van der Waals surface area contributed by atoms with E-state index in [-0.39, 0.29) is 5.75 Å². The minimum absolute atomic E-state index is 0.181. The summed E-state index contributed by atoms with van der Waals surface area (Å²) in [5, 5.41) is 13.7. The molecule has 1 N–H and O–H groups in total. The lowest BCUT2D eigenvalue weighted by Gasteiger charge is -2.31. The highest BCUT2D eigenvalue weighted by Gasteiger charge is 2.21. The van der Waals surface area contributed by atoms with E-state index in [2.05, 4.69) is 16.9 Å². The number of para-hydroxylation sites is 2. The van der Waals surface area contributed by atoms with Crippen LogP contribution in [0.4, 0.5) is 5.82 Å². The number of fused-ring (bicyclic) bond motifs is 1. The minimum Gasteiger partial charge on any atom is -0.869 e. The zero-order valence-corrected chi connectivity index (χ0v) is 15.0. The molecular formula is C20H22N4O2. The lowest BCUT2D eigenvalue weighted by molar-refractivity contribution is -0.880. The number of nitrogens with zero attached hydrogens (tertiary/aromatic N) is 3. The number of methoxy groups -OCH3 is 1. The predicted octanol–water partition coefficient (Wildman–Crippen LogP) is 0.714. The van der Waals surface area contributed by atoms with Gasteiger partial charge in [0.15, 0.2) is 5.82 Å². The molecule has 0 bridgehead atoms. The maximum Gasteiger partial charge on any atom is 0.161 e. The fourth-order valence-corrected chi connectivity index (χ4v) is 3.37. The number of hydrogen-bond acceptors (Lipinski definition) is 5. The van der Waals surface area contributed by atoms with Crippen molar-refractivity contribution < 1.29 is 14.7 Å². The zero-order chi connectivity index (χ0) is 18.1. The van der Waals surface area contributed by atoms with Gasteiger partial charge >= 0.3 is 0 Å². The zero-order valence-electron chi connectivity index (χ0n) is 15.0. The smallest absolute Gasteiger partial charge is 0.161 e. The third-order valence-electron chi connectivity index (χ3n) is 4.94. The second-order valence-corrected chi connectivity index (χ2v) is 6.67. The molecule has 1 aromatic heterocycles. The van der Waals surface area contributed by atoms with E-state index in [4.69, 9.17) is 9.72 Å². The molecule has 1 fully saturated rings. The standard InChI is InChI=1S/C20H22N4O2/c1-23-10-12-24(13-11-23)20-14-6-3-4-8-16(14)21-19(22-20)15-7-5-9-17(26-2)18(15)25/h3-9,25H,10-13H2,1-2H3. The fourth-order valence-electron chi connectivity index (χ4n) is 3.37. The van der Waals surface area contributed by atoms with Crippen LogP contribution >= 0.6 is 0 Å². The van der Waals surface area contributed by atoms with Crippen LogP contribution in [0.25, 0.3) is 22.3 Å². The summed E-state index contributed by atoms with van der Waals surface area (Å²) in [4.78, 5) is 13.3. The molecule has 26 heavy (non-hydrogen) atoms. The summed E-state index contributed by atoms with van der Waals surface area (Å²) in [5.41, 5.74) is 1.32. The highest BCUT2D eigenvalue weighted by Crippen LogP contribution is 2.35. The van der Waals surface area contributed by atoms with E-state index in [9.17, 15) is 5.11 Å². The van der Waals surface area contributed by atoms with Crippen LogP contribution in [0.2, 0.25) is 0 Å². The first-order valence-electron chi connectivity index (χ1n) is 8.85. The molecule has 1 saturated heterocycles. The number of ether oxygens (including phenoxy) is 1. The molecule has 0 saturated carbocycles. The van der Waals surface area contributed by atoms with E-state index in [1.807, 2.05) is 24.3 Å². The molecule has 2 heterocycles. The minimum atomic E-state index is -0.181. The lowest BCUT2D eigenvalue weighted by atomic mass is 10.1. The first-order chi connectivity index (χ1) is 12.7. The number of piperazine rings is 1. The third kappa shape index (κ3) is 2.93. The van der Waals surface area contributed by atoms with Crippen LogP contribution in [-0.4, -0.2) is 50.3 Å². The molecule has 6 nitrogen and oxygen atoms in total. The maximum absolute atomic E-state index is 12.6. The summed E-state index contributed by atoms with van der Waals surface area (Å²) in [6.45, 7) is 4.02. The van der Waals surface area contributed by atoms with Gasteiger partial charge in [-0.1, -0.05) is 30.0 Å². The van der Waals surface area contributed by atoms with Crippen molar-refractivity contribution in [3.05, 3.63) is 42.5 Å². The number of aromatic nitrogens is 2. The normalized spacial score (nSPS) is 15.4. The summed E-state index contributed by atoms with van der Waals surface area (Å²) in [6, 6.07) is 13.2. The Morgan fingerprint density at radius 3 is 2.58 bits per heavy atom. The fraction of sp³-hybridized carbons (Fsp3) is 0.300. The van der Waals surface area contributed by atoms with Crippen molar-refractivity contribution in [3.8, 4) is 22.9 Å². The van der Waals surface area contributed by atoms with E-state index in [0.717, 1.165) is 42.9 Å². The van der Waals surface area contributed by atoms with Gasteiger partial charge in [-0.05, 0) is 18.2 Å². The Morgan fingerprint density at radius 2 is 1.81 bits per heavy atom. The molecule has 0 unspecified atom stereocenters. The van der Waals surface area contributed by atoms with Gasteiger partial charge in [-0.15, -0.1) is 0 Å². The number of benzene rings is 2. The molecule has 134 valence electrons. The highest BCUT2D eigenvalue weighted by molar-refractivity contribution is 5.91. The first kappa shape index (κ1) is 16.6. The van der Waals surface area contributed by atoms with Gasteiger partial charge in [0.25, 0.3) is 0 Å². The number of nitrogens with one attached hydrogen (secondary N) is 1. The summed E-state index contributed by atoms with van der Waals surface area (Å²) >= 11 is 0. The molecule has 0 radical (unpaired) electrons. The third-order valence-corrected chi connectivity index (χ3v) is 4.94. The van der Waals surface area contributed by atoms with E-state index in [0.29, 0.717) is 17.1 Å². The molecule has 0 amide bonds. The Morgan fingerprint density at radius 1 is 1.04 bits per heavy atom. The monoisotopic (exact) mass is 350 g/mol. The molecule has 4 rings (SSSR count). The van der Waals surface area contributed by atoms with Crippen LogP contribution in [0.3, 0.4) is 0 Å². The second-order valence-electron chi connectivity index (χ2n) is 6.67. The van der Waals surface area contributed by atoms with Gasteiger partial charge in [-0.25, -0.2) is 9.97 Å². The van der Waals surface area contributed by atoms with Gasteiger partial charge in [0.05, 0.1) is 45.9 Å². The van der Waals surface area contributed by atoms with Crippen LogP contribution in [-0.2, 0) is 0 Å². The topological polar surface area (TPSA) is 65.8 Å². The second kappa shape index (κ2) is 6.80. The van der Waals surface area contributed by atoms with Crippen molar-refractivity contribution in [2.75, 3.05) is 45.2 Å². The molecule has 0 atom stereocenters. The van der Waals surface area contributed by atoms with Gasteiger partial charge in [-0.3, -0.25) is 0 Å². The SMILES string of the molecule is COc1cccc(-c2nc(N3CC[NH+](C)CC3)c3ccccc3n2)c1[O-]. The van der Waals surface area contributed by atoms with Gasteiger partial charge in [0.2, 0.25) is 0 Å². The van der Waals surface area contributed by atoms with Crippen LogP contribution in [0.1, 0.15) is 0 Å². The van der Waals surface area contributed by atoms with Crippen LogP contribution < -0.4 is 19.6 Å². The number of quaternary nitrogens is 1. The number of hydrogen-bond donors (Lipinski definition) is 1. The molecule has 0 aliphatic carbocycles. The first-order valence-corrected chi connectivity index (χ1v) is 8.85. The van der Waals surface area contributed by atoms with Gasteiger partial charge in [-0.2, -0.15) is 0 Å². The van der Waals surface area contributed by atoms with Gasteiger partial charge < -0.3 is 19.6 Å². The summed E-state index contributed by atoms with van der Waals surface area (Å²) < 4.78 is 5.17. The van der Waals surface area contributed by atoms with Crippen molar-refractivity contribution >= 4 is 16.7 Å². The van der Waals surface area contributed by atoms with Crippen molar-refractivity contribution in [2.24, 2.45) is 0 Å². The Hall–Kier alpha value is -2.86. The van der Waals surface area contributed by atoms with Crippen LogP contribution in [0.5, 0.6) is 11.5 Å². The maximum atomic E-state index is 12.6. The number of likely N-dealkylation sites (N-methyl/N-ethyl adjacent to an activating group) is 1.